The molecular weight excluding hydrogens is 358 g/mol. The Bertz CT molecular complexity index is 1120. The summed E-state index contributed by atoms with van der Waals surface area (Å²) in [5.74, 6) is -0.957. The van der Waals surface area contributed by atoms with Gasteiger partial charge in [0, 0.05) is 28.7 Å². The van der Waals surface area contributed by atoms with Gasteiger partial charge in [-0.25, -0.2) is 4.79 Å². The summed E-state index contributed by atoms with van der Waals surface area (Å²) in [7, 11) is 0. The molecule has 0 aliphatic carbocycles. The van der Waals surface area contributed by atoms with Gasteiger partial charge in [0.25, 0.3) is 0 Å². The summed E-state index contributed by atoms with van der Waals surface area (Å²) in [6.07, 6.45) is 2.63. The summed E-state index contributed by atoms with van der Waals surface area (Å²) in [5, 5.41) is 11.1. The minimum atomic E-state index is -0.957. The Morgan fingerprint density at radius 3 is 2.52 bits per heavy atom. The standard InChI is InChI=1S/C23H18ClNO2/c24-19-10-9-18(21(14-19)23(26)27)13-17-7-4-8-22-20(17)11-12-25(22)15-16-5-2-1-3-6-16/h1-12,14H,13,15H2,(H,26,27). The lowest BCUT2D eigenvalue weighted by atomic mass is 9.97. The van der Waals surface area contributed by atoms with E-state index in [0.29, 0.717) is 11.4 Å². The minimum absolute atomic E-state index is 0.253. The predicted molar refractivity (Wildman–Crippen MR) is 109 cm³/mol. The Morgan fingerprint density at radius 2 is 1.74 bits per heavy atom. The monoisotopic (exact) mass is 375 g/mol. The molecule has 27 heavy (non-hydrogen) atoms. The van der Waals surface area contributed by atoms with Crippen LogP contribution in [-0.2, 0) is 13.0 Å². The Labute approximate surface area is 162 Å². The maximum Gasteiger partial charge on any atom is 0.336 e. The maximum atomic E-state index is 11.6. The highest BCUT2D eigenvalue weighted by Crippen LogP contribution is 2.26. The summed E-state index contributed by atoms with van der Waals surface area (Å²) in [4.78, 5) is 11.6. The van der Waals surface area contributed by atoms with E-state index >= 15 is 0 Å². The van der Waals surface area contributed by atoms with Crippen LogP contribution < -0.4 is 0 Å². The average molecular weight is 376 g/mol. The molecule has 0 radical (unpaired) electrons. The van der Waals surface area contributed by atoms with E-state index in [1.807, 2.05) is 24.3 Å². The normalized spacial score (nSPS) is 11.0. The Kier molecular flexibility index (Phi) is 4.69. The van der Waals surface area contributed by atoms with Gasteiger partial charge < -0.3 is 9.67 Å². The largest absolute Gasteiger partial charge is 0.478 e. The highest BCUT2D eigenvalue weighted by molar-refractivity contribution is 6.31. The van der Waals surface area contributed by atoms with Crippen molar-refractivity contribution < 1.29 is 9.90 Å². The molecule has 0 fully saturated rings. The fourth-order valence-electron chi connectivity index (χ4n) is 3.47. The minimum Gasteiger partial charge on any atom is -0.478 e. The summed E-state index contributed by atoms with van der Waals surface area (Å²) >= 11 is 5.97. The van der Waals surface area contributed by atoms with Crippen molar-refractivity contribution in [3.8, 4) is 0 Å². The number of fused-ring (bicyclic) bond motifs is 1. The number of rotatable bonds is 5. The maximum absolute atomic E-state index is 11.6. The lowest BCUT2D eigenvalue weighted by Crippen LogP contribution is -2.03. The van der Waals surface area contributed by atoms with E-state index < -0.39 is 5.97 Å². The first-order chi connectivity index (χ1) is 13.1. The van der Waals surface area contributed by atoms with Crippen LogP contribution in [-0.4, -0.2) is 15.6 Å². The molecule has 4 heteroatoms. The Balaban J connectivity index is 1.71. The molecule has 0 aliphatic rings. The lowest BCUT2D eigenvalue weighted by molar-refractivity contribution is 0.0696. The number of carbonyl (C=O) groups is 1. The molecule has 0 aliphatic heterocycles. The molecule has 4 aromatic rings. The van der Waals surface area contributed by atoms with Crippen LogP contribution in [0.3, 0.4) is 0 Å². The van der Waals surface area contributed by atoms with Gasteiger partial charge in [-0.3, -0.25) is 0 Å². The second-order valence-electron chi connectivity index (χ2n) is 6.56. The van der Waals surface area contributed by atoms with Crippen LogP contribution in [0, 0.1) is 0 Å². The van der Waals surface area contributed by atoms with Crippen molar-refractivity contribution in [2.45, 2.75) is 13.0 Å². The molecule has 1 heterocycles. The van der Waals surface area contributed by atoms with Crippen LogP contribution >= 0.6 is 11.6 Å². The van der Waals surface area contributed by atoms with Gasteiger partial charge in [0.05, 0.1) is 5.56 Å². The number of benzene rings is 3. The molecule has 3 nitrogen and oxygen atoms in total. The number of halogens is 1. The van der Waals surface area contributed by atoms with Crippen LogP contribution in [0.2, 0.25) is 5.02 Å². The van der Waals surface area contributed by atoms with Crippen molar-refractivity contribution in [3.63, 3.8) is 0 Å². The topological polar surface area (TPSA) is 42.2 Å². The van der Waals surface area contributed by atoms with Crippen molar-refractivity contribution in [1.29, 1.82) is 0 Å². The first-order valence-corrected chi connectivity index (χ1v) is 9.12. The number of aromatic carboxylic acids is 1. The highest BCUT2D eigenvalue weighted by Gasteiger charge is 2.13. The third-order valence-corrected chi connectivity index (χ3v) is 5.02. The number of nitrogens with zero attached hydrogens (tertiary/aromatic N) is 1. The first kappa shape index (κ1) is 17.4. The van der Waals surface area contributed by atoms with Gasteiger partial charge in [-0.1, -0.05) is 60.1 Å². The zero-order valence-electron chi connectivity index (χ0n) is 14.6. The lowest BCUT2D eigenvalue weighted by Gasteiger charge is -2.10. The van der Waals surface area contributed by atoms with Gasteiger partial charge in [0.1, 0.15) is 0 Å². The van der Waals surface area contributed by atoms with E-state index in [1.54, 1.807) is 12.1 Å². The quantitative estimate of drug-likeness (QED) is 0.491. The van der Waals surface area contributed by atoms with Gasteiger partial charge >= 0.3 is 5.97 Å². The van der Waals surface area contributed by atoms with E-state index in [0.717, 1.165) is 28.6 Å². The van der Waals surface area contributed by atoms with Crippen LogP contribution in [0.25, 0.3) is 10.9 Å². The van der Waals surface area contributed by atoms with Crippen molar-refractivity contribution in [2.75, 3.05) is 0 Å². The molecule has 4 rings (SSSR count). The molecule has 0 atom stereocenters. The zero-order chi connectivity index (χ0) is 18.8. The van der Waals surface area contributed by atoms with Crippen LogP contribution in [0.1, 0.15) is 27.0 Å². The van der Waals surface area contributed by atoms with Crippen LogP contribution in [0.5, 0.6) is 0 Å². The van der Waals surface area contributed by atoms with E-state index in [-0.39, 0.29) is 5.56 Å². The van der Waals surface area contributed by atoms with Crippen molar-refractivity contribution in [1.82, 2.24) is 4.57 Å². The fraction of sp³-hybridized carbons (Fsp3) is 0.0870. The fourth-order valence-corrected chi connectivity index (χ4v) is 3.64. The van der Waals surface area contributed by atoms with Gasteiger partial charge in [-0.2, -0.15) is 0 Å². The number of hydrogen-bond acceptors (Lipinski definition) is 1. The van der Waals surface area contributed by atoms with Crippen molar-refractivity contribution in [2.24, 2.45) is 0 Å². The molecule has 134 valence electrons. The molecule has 3 aromatic carbocycles. The van der Waals surface area contributed by atoms with Crippen molar-refractivity contribution >= 4 is 28.5 Å². The van der Waals surface area contributed by atoms with Gasteiger partial charge in [-0.15, -0.1) is 0 Å². The van der Waals surface area contributed by atoms with Crippen LogP contribution in [0.4, 0.5) is 0 Å². The second kappa shape index (κ2) is 7.29. The number of carboxylic acids is 1. The average Bonchev–Trinajstić information content (AvgIpc) is 3.08. The molecule has 0 unspecified atom stereocenters. The Morgan fingerprint density at radius 1 is 0.926 bits per heavy atom. The van der Waals surface area contributed by atoms with Gasteiger partial charge in [-0.05, 0) is 47.4 Å². The molecule has 0 saturated carbocycles. The Hall–Kier alpha value is -3.04. The van der Waals surface area contributed by atoms with Crippen molar-refractivity contribution in [3.05, 3.63) is 106 Å². The second-order valence-corrected chi connectivity index (χ2v) is 7.00. The number of hydrogen-bond donors (Lipinski definition) is 1. The predicted octanol–water partition coefficient (Wildman–Crippen LogP) is 5.63. The number of carboxylic acid groups (broad SMARTS) is 1. The van der Waals surface area contributed by atoms with Gasteiger partial charge in [0.15, 0.2) is 0 Å². The number of aromatic nitrogens is 1. The van der Waals surface area contributed by atoms with E-state index in [1.165, 1.54) is 11.6 Å². The summed E-state index contributed by atoms with van der Waals surface area (Å²) < 4.78 is 2.22. The first-order valence-electron chi connectivity index (χ1n) is 8.74. The zero-order valence-corrected chi connectivity index (χ0v) is 15.4. The smallest absolute Gasteiger partial charge is 0.336 e. The van der Waals surface area contributed by atoms with Crippen LogP contribution in [0.15, 0.2) is 79.0 Å². The molecule has 1 N–H and O–H groups in total. The van der Waals surface area contributed by atoms with E-state index in [9.17, 15) is 9.90 Å². The molecular formula is C23H18ClNO2. The van der Waals surface area contributed by atoms with Gasteiger partial charge in [0.2, 0.25) is 0 Å². The molecule has 0 bridgehead atoms. The third kappa shape index (κ3) is 3.60. The molecule has 0 amide bonds. The molecule has 0 saturated heterocycles. The SMILES string of the molecule is O=C(O)c1cc(Cl)ccc1Cc1cccc2c1ccn2Cc1ccccc1. The molecule has 1 aromatic heterocycles. The third-order valence-electron chi connectivity index (χ3n) is 4.78. The molecule has 0 spiro atoms. The highest BCUT2D eigenvalue weighted by atomic mass is 35.5. The van der Waals surface area contributed by atoms with E-state index in [2.05, 4.69) is 41.1 Å². The summed E-state index contributed by atoms with van der Waals surface area (Å²) in [6, 6.07) is 23.7. The van der Waals surface area contributed by atoms with E-state index in [4.69, 9.17) is 11.6 Å². The summed E-state index contributed by atoms with van der Waals surface area (Å²) in [5.41, 5.74) is 4.50. The summed E-state index contributed by atoms with van der Waals surface area (Å²) in [6.45, 7) is 0.801.